The number of nitrogens with one attached hydrogen (secondary N) is 1. The number of carbonyl (C=O) groups is 2. The van der Waals surface area contributed by atoms with Gasteiger partial charge >= 0.3 is 0 Å². The second kappa shape index (κ2) is 10.3. The summed E-state index contributed by atoms with van der Waals surface area (Å²) in [5, 5.41) is 3.00. The highest BCUT2D eigenvalue weighted by molar-refractivity contribution is 5.92. The fourth-order valence-electron chi connectivity index (χ4n) is 4.21. The fraction of sp³-hybridized carbons (Fsp3) is 0.346. The van der Waals surface area contributed by atoms with Crippen molar-refractivity contribution in [2.45, 2.75) is 45.2 Å². The molecule has 0 spiro atoms. The van der Waals surface area contributed by atoms with Crippen molar-refractivity contribution in [2.75, 3.05) is 13.1 Å². The van der Waals surface area contributed by atoms with Gasteiger partial charge in [-0.05, 0) is 43.5 Å². The van der Waals surface area contributed by atoms with Crippen LogP contribution in [-0.2, 0) is 16.1 Å². The largest absolute Gasteiger partial charge is 0.343 e. The van der Waals surface area contributed by atoms with Crippen molar-refractivity contribution < 1.29 is 9.59 Å². The van der Waals surface area contributed by atoms with E-state index in [2.05, 4.69) is 5.32 Å². The van der Waals surface area contributed by atoms with Gasteiger partial charge in [0.25, 0.3) is 0 Å². The van der Waals surface area contributed by atoms with Gasteiger partial charge in [0.15, 0.2) is 0 Å². The van der Waals surface area contributed by atoms with Gasteiger partial charge in [0.05, 0.1) is 17.1 Å². The Kier molecular flexibility index (Phi) is 7.00. The highest BCUT2D eigenvalue weighted by Crippen LogP contribution is 2.22. The van der Waals surface area contributed by atoms with Crippen molar-refractivity contribution in [1.29, 1.82) is 0 Å². The molecule has 1 atom stereocenters. The molecule has 1 aliphatic heterocycles. The van der Waals surface area contributed by atoms with Gasteiger partial charge in [0, 0.05) is 19.2 Å². The number of likely N-dealkylation sites (tertiary alicyclic amines) is 1. The standard InChI is InChI=1S/C26H30N4O2/c1-20(27-24(31)16-15-21-11-5-4-6-12-21)26-28-22-13-7-8-14-23(22)30(26)19-25(32)29-17-9-2-3-10-18-29/h4-8,11-16,20H,2-3,9-10,17-19H2,1H3,(H,27,31)/b16-15-. The molecule has 1 fully saturated rings. The van der Waals surface area contributed by atoms with Crippen LogP contribution >= 0.6 is 0 Å². The van der Waals surface area contributed by atoms with Crippen LogP contribution in [-0.4, -0.2) is 39.4 Å². The molecule has 1 unspecified atom stereocenters. The van der Waals surface area contributed by atoms with Crippen molar-refractivity contribution in [1.82, 2.24) is 19.8 Å². The van der Waals surface area contributed by atoms with Crippen LogP contribution in [0.5, 0.6) is 0 Å². The van der Waals surface area contributed by atoms with Gasteiger partial charge in [0.1, 0.15) is 12.4 Å². The summed E-state index contributed by atoms with van der Waals surface area (Å²) < 4.78 is 1.95. The van der Waals surface area contributed by atoms with Gasteiger partial charge in [0.2, 0.25) is 11.8 Å². The third-order valence-corrected chi connectivity index (χ3v) is 5.91. The molecule has 1 N–H and O–H groups in total. The van der Waals surface area contributed by atoms with E-state index in [1.807, 2.05) is 71.0 Å². The summed E-state index contributed by atoms with van der Waals surface area (Å²) in [6, 6.07) is 17.2. The monoisotopic (exact) mass is 430 g/mol. The molecule has 2 amide bonds. The van der Waals surface area contributed by atoms with Gasteiger partial charge in [-0.3, -0.25) is 9.59 Å². The Morgan fingerprint density at radius 1 is 1.00 bits per heavy atom. The van der Waals surface area contributed by atoms with Gasteiger partial charge in [-0.2, -0.15) is 0 Å². The lowest BCUT2D eigenvalue weighted by molar-refractivity contribution is -0.131. The predicted octanol–water partition coefficient (Wildman–Crippen LogP) is 4.33. The normalized spacial score (nSPS) is 15.6. The van der Waals surface area contributed by atoms with Crippen LogP contribution in [0.3, 0.4) is 0 Å². The molecule has 0 bridgehead atoms. The topological polar surface area (TPSA) is 67.2 Å². The smallest absolute Gasteiger partial charge is 0.244 e. The first-order valence-corrected chi connectivity index (χ1v) is 11.4. The lowest BCUT2D eigenvalue weighted by Gasteiger charge is -2.22. The van der Waals surface area contributed by atoms with E-state index in [1.54, 1.807) is 6.08 Å². The number of hydrogen-bond acceptors (Lipinski definition) is 3. The Balaban J connectivity index is 1.53. The van der Waals surface area contributed by atoms with E-state index in [1.165, 1.54) is 18.9 Å². The summed E-state index contributed by atoms with van der Waals surface area (Å²) >= 11 is 0. The van der Waals surface area contributed by atoms with E-state index >= 15 is 0 Å². The molecule has 3 aromatic rings. The molecule has 1 aliphatic rings. The Morgan fingerprint density at radius 2 is 1.69 bits per heavy atom. The van der Waals surface area contributed by atoms with E-state index in [-0.39, 0.29) is 24.4 Å². The van der Waals surface area contributed by atoms with Gasteiger partial charge in [-0.25, -0.2) is 4.98 Å². The molecule has 6 heteroatoms. The number of nitrogens with zero attached hydrogens (tertiary/aromatic N) is 3. The summed E-state index contributed by atoms with van der Waals surface area (Å²) in [6.45, 7) is 3.77. The molecule has 2 heterocycles. The summed E-state index contributed by atoms with van der Waals surface area (Å²) in [7, 11) is 0. The maximum atomic E-state index is 13.1. The third kappa shape index (κ3) is 5.25. The lowest BCUT2D eigenvalue weighted by atomic mass is 10.2. The van der Waals surface area contributed by atoms with E-state index in [0.29, 0.717) is 5.82 Å². The Bertz CT molecular complexity index is 1100. The van der Waals surface area contributed by atoms with Crippen molar-refractivity contribution >= 4 is 28.9 Å². The molecule has 166 valence electrons. The van der Waals surface area contributed by atoms with Gasteiger partial charge < -0.3 is 14.8 Å². The number of benzene rings is 2. The molecule has 6 nitrogen and oxygen atoms in total. The maximum Gasteiger partial charge on any atom is 0.244 e. The van der Waals surface area contributed by atoms with Crippen LogP contribution in [0.25, 0.3) is 17.1 Å². The molecular weight excluding hydrogens is 400 g/mol. The summed E-state index contributed by atoms with van der Waals surface area (Å²) in [4.78, 5) is 32.3. The van der Waals surface area contributed by atoms with Crippen molar-refractivity contribution in [2.24, 2.45) is 0 Å². The van der Waals surface area contributed by atoms with Crippen molar-refractivity contribution in [3.05, 3.63) is 72.1 Å². The Morgan fingerprint density at radius 3 is 2.44 bits per heavy atom. The second-order valence-corrected chi connectivity index (χ2v) is 8.31. The SMILES string of the molecule is CC(NC(=O)/C=C\c1ccccc1)c1nc2ccccc2n1CC(=O)N1CCCCCC1. The molecule has 1 aromatic heterocycles. The molecule has 1 saturated heterocycles. The number of aromatic nitrogens is 2. The van der Waals surface area contributed by atoms with E-state index in [9.17, 15) is 9.59 Å². The third-order valence-electron chi connectivity index (χ3n) is 5.91. The quantitative estimate of drug-likeness (QED) is 0.592. The number of para-hydroxylation sites is 2. The van der Waals surface area contributed by atoms with E-state index in [4.69, 9.17) is 4.98 Å². The second-order valence-electron chi connectivity index (χ2n) is 8.31. The first-order valence-electron chi connectivity index (χ1n) is 11.4. The Labute approximate surface area is 188 Å². The average molecular weight is 431 g/mol. The molecule has 0 saturated carbocycles. The molecular formula is C26H30N4O2. The molecule has 0 aliphatic carbocycles. The predicted molar refractivity (Wildman–Crippen MR) is 127 cm³/mol. The highest BCUT2D eigenvalue weighted by atomic mass is 16.2. The number of fused-ring (bicyclic) bond motifs is 1. The summed E-state index contributed by atoms with van der Waals surface area (Å²) in [5.74, 6) is 0.605. The first kappa shape index (κ1) is 21.8. The zero-order valence-electron chi connectivity index (χ0n) is 18.5. The van der Waals surface area contributed by atoms with Crippen LogP contribution in [0.1, 0.15) is 50.0 Å². The zero-order chi connectivity index (χ0) is 22.3. The minimum atomic E-state index is -0.341. The first-order chi connectivity index (χ1) is 15.6. The van der Waals surface area contributed by atoms with Crippen molar-refractivity contribution in [3.63, 3.8) is 0 Å². The lowest BCUT2D eigenvalue weighted by Crippen LogP contribution is -2.35. The number of amides is 2. The van der Waals surface area contributed by atoms with Crippen LogP contribution in [0, 0.1) is 0 Å². The van der Waals surface area contributed by atoms with E-state index < -0.39 is 0 Å². The molecule has 0 radical (unpaired) electrons. The minimum Gasteiger partial charge on any atom is -0.343 e. The van der Waals surface area contributed by atoms with Gasteiger partial charge in [-0.15, -0.1) is 0 Å². The van der Waals surface area contributed by atoms with E-state index in [0.717, 1.165) is 42.5 Å². The fourth-order valence-corrected chi connectivity index (χ4v) is 4.21. The van der Waals surface area contributed by atoms with Crippen LogP contribution in [0.15, 0.2) is 60.7 Å². The maximum absolute atomic E-state index is 13.1. The minimum absolute atomic E-state index is 0.110. The van der Waals surface area contributed by atoms with Crippen LogP contribution in [0.2, 0.25) is 0 Å². The summed E-state index contributed by atoms with van der Waals surface area (Å²) in [6.07, 6.45) is 7.80. The molecule has 4 rings (SSSR count). The van der Waals surface area contributed by atoms with Crippen molar-refractivity contribution in [3.8, 4) is 0 Å². The highest BCUT2D eigenvalue weighted by Gasteiger charge is 2.22. The number of hydrogen-bond donors (Lipinski definition) is 1. The molecule has 32 heavy (non-hydrogen) atoms. The number of rotatable bonds is 6. The van der Waals surface area contributed by atoms with Crippen LogP contribution < -0.4 is 5.32 Å². The zero-order valence-corrected chi connectivity index (χ0v) is 18.5. The number of carbonyl (C=O) groups excluding carboxylic acids is 2. The average Bonchev–Trinajstić information content (AvgIpc) is 2.98. The number of imidazole rings is 1. The van der Waals surface area contributed by atoms with Gasteiger partial charge in [-0.1, -0.05) is 55.3 Å². The Hall–Kier alpha value is -3.41. The summed E-state index contributed by atoms with van der Waals surface area (Å²) in [5.41, 5.74) is 2.70. The molecule has 2 aromatic carbocycles. The van der Waals surface area contributed by atoms with Crippen LogP contribution in [0.4, 0.5) is 0 Å².